The van der Waals surface area contributed by atoms with Crippen molar-refractivity contribution in [3.8, 4) is 5.88 Å². The van der Waals surface area contributed by atoms with Gasteiger partial charge in [0.2, 0.25) is 5.88 Å². The number of alkyl halides is 3. The first-order valence-corrected chi connectivity index (χ1v) is 4.68. The molecule has 0 unspecified atom stereocenters. The molecule has 0 aliphatic rings. The summed E-state index contributed by atoms with van der Waals surface area (Å²) in [6, 6.07) is 0.878. The fourth-order valence-electron chi connectivity index (χ4n) is 0.929. The highest BCUT2D eigenvalue weighted by Crippen LogP contribution is 2.30. The van der Waals surface area contributed by atoms with E-state index >= 15 is 0 Å². The standard InChI is InChI=1S/C7H9F3N2O.C2H6/c1-3-12-6(13-2)4-5(11-12)7(8,9)10;1-2/h4H,3H2,1-2H3;1-2H3. The Balaban J connectivity index is 0.000000921. The van der Waals surface area contributed by atoms with Gasteiger partial charge < -0.3 is 4.74 Å². The van der Waals surface area contributed by atoms with Crippen LogP contribution in [0.15, 0.2) is 6.07 Å². The second-order valence-electron chi connectivity index (χ2n) is 2.39. The highest BCUT2D eigenvalue weighted by molar-refractivity contribution is 5.18. The Bertz CT molecular complexity index is 273. The summed E-state index contributed by atoms with van der Waals surface area (Å²) < 4.78 is 42.2. The predicted molar refractivity (Wildman–Crippen MR) is 50.8 cm³/mol. The Labute approximate surface area is 86.8 Å². The van der Waals surface area contributed by atoms with Crippen LogP contribution in [0.2, 0.25) is 0 Å². The topological polar surface area (TPSA) is 27.1 Å². The molecule has 0 bridgehead atoms. The number of methoxy groups -OCH3 is 1. The van der Waals surface area contributed by atoms with Crippen LogP contribution < -0.4 is 4.74 Å². The van der Waals surface area contributed by atoms with Gasteiger partial charge >= 0.3 is 6.18 Å². The van der Waals surface area contributed by atoms with Crippen molar-refractivity contribution in [2.45, 2.75) is 33.5 Å². The van der Waals surface area contributed by atoms with E-state index in [1.807, 2.05) is 13.8 Å². The third kappa shape index (κ3) is 3.45. The van der Waals surface area contributed by atoms with E-state index in [0.717, 1.165) is 10.7 Å². The number of aromatic nitrogens is 2. The van der Waals surface area contributed by atoms with Crippen LogP contribution in [0, 0.1) is 0 Å². The lowest BCUT2D eigenvalue weighted by atomic mass is 10.4. The minimum absolute atomic E-state index is 0.120. The van der Waals surface area contributed by atoms with Crippen molar-refractivity contribution >= 4 is 0 Å². The van der Waals surface area contributed by atoms with Crippen molar-refractivity contribution in [3.05, 3.63) is 11.8 Å². The first kappa shape index (κ1) is 13.8. The Hall–Kier alpha value is -1.20. The van der Waals surface area contributed by atoms with Crippen LogP contribution in [-0.2, 0) is 12.7 Å². The van der Waals surface area contributed by atoms with E-state index in [-0.39, 0.29) is 5.88 Å². The number of ether oxygens (including phenoxy) is 1. The molecular weight excluding hydrogens is 209 g/mol. The van der Waals surface area contributed by atoms with Gasteiger partial charge in [0, 0.05) is 12.6 Å². The molecule has 0 aliphatic carbocycles. The zero-order valence-electron chi connectivity index (χ0n) is 9.22. The molecule has 0 N–H and O–H groups in total. The summed E-state index contributed by atoms with van der Waals surface area (Å²) in [4.78, 5) is 0. The third-order valence-electron chi connectivity index (χ3n) is 1.54. The second kappa shape index (κ2) is 5.63. The summed E-state index contributed by atoms with van der Waals surface area (Å²) in [6.45, 7) is 6.04. The number of nitrogens with zero attached hydrogens (tertiary/aromatic N) is 2. The normalized spacial score (nSPS) is 10.6. The number of hydrogen-bond acceptors (Lipinski definition) is 2. The van der Waals surface area contributed by atoms with E-state index in [1.165, 1.54) is 7.11 Å². The Morgan fingerprint density at radius 3 is 2.20 bits per heavy atom. The number of halogens is 3. The molecule has 0 aliphatic heterocycles. The van der Waals surface area contributed by atoms with Gasteiger partial charge in [0.25, 0.3) is 0 Å². The smallest absolute Gasteiger partial charge is 0.435 e. The van der Waals surface area contributed by atoms with Gasteiger partial charge in [0.05, 0.1) is 7.11 Å². The van der Waals surface area contributed by atoms with Crippen LogP contribution in [0.25, 0.3) is 0 Å². The molecule has 0 saturated heterocycles. The van der Waals surface area contributed by atoms with Crippen molar-refractivity contribution < 1.29 is 17.9 Å². The molecule has 6 heteroatoms. The van der Waals surface area contributed by atoms with E-state index in [9.17, 15) is 13.2 Å². The summed E-state index contributed by atoms with van der Waals surface area (Å²) >= 11 is 0. The Morgan fingerprint density at radius 2 is 1.93 bits per heavy atom. The molecular formula is C9H15F3N2O. The van der Waals surface area contributed by atoms with Crippen LogP contribution in [0.3, 0.4) is 0 Å². The van der Waals surface area contributed by atoms with Crippen LogP contribution in [-0.4, -0.2) is 16.9 Å². The lowest BCUT2D eigenvalue weighted by molar-refractivity contribution is -0.141. The SMILES string of the molecule is CC.CCn1nc(C(F)(F)F)cc1OC. The van der Waals surface area contributed by atoms with Crippen molar-refractivity contribution in [2.75, 3.05) is 7.11 Å². The third-order valence-corrected chi connectivity index (χ3v) is 1.54. The van der Waals surface area contributed by atoms with Crippen LogP contribution in [0.4, 0.5) is 13.2 Å². The quantitative estimate of drug-likeness (QED) is 0.772. The molecule has 1 heterocycles. The molecule has 0 amide bonds. The first-order chi connectivity index (χ1) is 6.99. The molecule has 1 rings (SSSR count). The second-order valence-corrected chi connectivity index (χ2v) is 2.39. The molecule has 0 fully saturated rings. The molecule has 0 spiro atoms. The first-order valence-electron chi connectivity index (χ1n) is 4.68. The van der Waals surface area contributed by atoms with Gasteiger partial charge in [0.1, 0.15) is 0 Å². The van der Waals surface area contributed by atoms with Crippen molar-refractivity contribution in [2.24, 2.45) is 0 Å². The molecule has 1 aromatic rings. The molecule has 0 saturated carbocycles. The number of aryl methyl sites for hydroxylation is 1. The fraction of sp³-hybridized carbons (Fsp3) is 0.667. The molecule has 1 aromatic heterocycles. The van der Waals surface area contributed by atoms with Gasteiger partial charge in [-0.15, -0.1) is 0 Å². The van der Waals surface area contributed by atoms with Crippen LogP contribution in [0.1, 0.15) is 26.5 Å². The molecule has 0 radical (unpaired) electrons. The maximum absolute atomic E-state index is 12.1. The van der Waals surface area contributed by atoms with Crippen LogP contribution in [0.5, 0.6) is 5.88 Å². The predicted octanol–water partition coefficient (Wildman–Crippen LogP) is 2.96. The average Bonchev–Trinajstić information content (AvgIpc) is 2.63. The number of hydrogen-bond donors (Lipinski definition) is 0. The molecule has 0 aromatic carbocycles. The highest BCUT2D eigenvalue weighted by atomic mass is 19.4. The van der Waals surface area contributed by atoms with Crippen molar-refractivity contribution in [1.82, 2.24) is 9.78 Å². The van der Waals surface area contributed by atoms with Crippen molar-refractivity contribution in [3.63, 3.8) is 0 Å². The van der Waals surface area contributed by atoms with Crippen molar-refractivity contribution in [1.29, 1.82) is 0 Å². The van der Waals surface area contributed by atoms with E-state index in [4.69, 9.17) is 4.74 Å². The zero-order chi connectivity index (χ0) is 12.1. The Kier molecular flexibility index (Phi) is 5.18. The molecule has 0 atom stereocenters. The van der Waals surface area contributed by atoms with Gasteiger partial charge in [-0.2, -0.15) is 18.3 Å². The van der Waals surface area contributed by atoms with Gasteiger partial charge in [-0.05, 0) is 6.92 Å². The lowest BCUT2D eigenvalue weighted by Crippen LogP contribution is -2.07. The minimum Gasteiger partial charge on any atom is -0.481 e. The minimum atomic E-state index is -4.41. The van der Waals surface area contributed by atoms with E-state index in [2.05, 4.69) is 5.10 Å². The summed E-state index contributed by atoms with van der Waals surface area (Å²) in [5.74, 6) is 0.120. The zero-order valence-corrected chi connectivity index (χ0v) is 9.22. The summed E-state index contributed by atoms with van der Waals surface area (Å²) in [5.41, 5.74) is -0.925. The molecule has 88 valence electrons. The van der Waals surface area contributed by atoms with E-state index in [0.29, 0.717) is 6.54 Å². The molecule has 15 heavy (non-hydrogen) atoms. The Morgan fingerprint density at radius 1 is 1.40 bits per heavy atom. The van der Waals surface area contributed by atoms with E-state index in [1.54, 1.807) is 6.92 Å². The van der Waals surface area contributed by atoms with E-state index < -0.39 is 11.9 Å². The summed E-state index contributed by atoms with van der Waals surface area (Å²) in [7, 11) is 1.31. The van der Waals surface area contributed by atoms with Gasteiger partial charge in [-0.3, -0.25) is 0 Å². The summed E-state index contributed by atoms with van der Waals surface area (Å²) in [5, 5.41) is 3.34. The van der Waals surface area contributed by atoms with Gasteiger partial charge in [-0.1, -0.05) is 13.8 Å². The summed E-state index contributed by atoms with van der Waals surface area (Å²) in [6.07, 6.45) is -4.41. The maximum atomic E-state index is 12.1. The number of rotatable bonds is 2. The van der Waals surface area contributed by atoms with Gasteiger partial charge in [0.15, 0.2) is 5.69 Å². The van der Waals surface area contributed by atoms with Gasteiger partial charge in [-0.25, -0.2) is 4.68 Å². The highest BCUT2D eigenvalue weighted by Gasteiger charge is 2.35. The largest absolute Gasteiger partial charge is 0.481 e. The average molecular weight is 224 g/mol. The monoisotopic (exact) mass is 224 g/mol. The maximum Gasteiger partial charge on any atom is 0.435 e. The fourth-order valence-corrected chi connectivity index (χ4v) is 0.929. The lowest BCUT2D eigenvalue weighted by Gasteiger charge is -2.00. The van der Waals surface area contributed by atoms with Crippen LogP contribution >= 0.6 is 0 Å². The molecule has 3 nitrogen and oxygen atoms in total.